The molecule has 0 saturated heterocycles. The highest BCUT2D eigenvalue weighted by molar-refractivity contribution is 7.60. The summed E-state index contributed by atoms with van der Waals surface area (Å²) < 4.78 is 11.5. The predicted molar refractivity (Wildman–Crippen MR) is 76.3 cm³/mol. The fourth-order valence-electron chi connectivity index (χ4n) is 2.21. The average molecular weight is 279 g/mol. The lowest BCUT2D eigenvalue weighted by Gasteiger charge is -2.28. The minimum absolute atomic E-state index is 0.0690. The molecule has 1 aliphatic carbocycles. The molecule has 1 aliphatic rings. The summed E-state index contributed by atoms with van der Waals surface area (Å²) in [5.41, 5.74) is 7.47. The van der Waals surface area contributed by atoms with Crippen LogP contribution in [0.4, 0.5) is 0 Å². The highest BCUT2D eigenvalue weighted by Crippen LogP contribution is 2.35. The Morgan fingerprint density at radius 2 is 2.05 bits per heavy atom. The molecule has 5 heteroatoms. The molecule has 19 heavy (non-hydrogen) atoms. The van der Waals surface area contributed by atoms with E-state index in [0.717, 1.165) is 5.57 Å². The van der Waals surface area contributed by atoms with Crippen LogP contribution in [-0.2, 0) is 11.0 Å². The van der Waals surface area contributed by atoms with Gasteiger partial charge in [-0.15, -0.1) is 0 Å². The van der Waals surface area contributed by atoms with E-state index in [1.807, 2.05) is 25.2 Å². The van der Waals surface area contributed by atoms with Gasteiger partial charge in [-0.25, -0.2) is 0 Å². The van der Waals surface area contributed by atoms with E-state index in [1.165, 1.54) is 6.07 Å². The molecule has 0 heterocycles. The standard InChI is InChI=1S/C14H18NO3P/c1-11-6-8-14(15,9-7-11)10-12-4-2-3-5-13(12)19(16,17)18/h2-8H,9-10,15H2,1H3,(H2,16,17,18). The van der Waals surface area contributed by atoms with E-state index in [4.69, 9.17) is 5.73 Å². The normalized spacial score (nSPS) is 23.3. The predicted octanol–water partition coefficient (Wildman–Crippen LogP) is 1.64. The fraction of sp³-hybridized carbons (Fsp3) is 0.286. The van der Waals surface area contributed by atoms with Crippen molar-refractivity contribution >= 4 is 12.9 Å². The van der Waals surface area contributed by atoms with Gasteiger partial charge in [0, 0.05) is 5.54 Å². The van der Waals surface area contributed by atoms with Gasteiger partial charge in [-0.3, -0.25) is 4.57 Å². The van der Waals surface area contributed by atoms with Gasteiger partial charge in [-0.05, 0) is 31.4 Å². The smallest absolute Gasteiger partial charge is 0.321 e. The second-order valence-corrected chi connectivity index (χ2v) is 6.64. The van der Waals surface area contributed by atoms with Crippen molar-refractivity contribution in [2.24, 2.45) is 5.73 Å². The molecule has 1 aromatic rings. The van der Waals surface area contributed by atoms with Crippen molar-refractivity contribution in [3.8, 4) is 0 Å². The van der Waals surface area contributed by atoms with Crippen LogP contribution in [0.5, 0.6) is 0 Å². The Morgan fingerprint density at radius 3 is 2.63 bits per heavy atom. The molecule has 4 nitrogen and oxygen atoms in total. The van der Waals surface area contributed by atoms with Gasteiger partial charge in [0.1, 0.15) is 0 Å². The van der Waals surface area contributed by atoms with Crippen molar-refractivity contribution in [1.29, 1.82) is 0 Å². The molecule has 1 atom stereocenters. The van der Waals surface area contributed by atoms with E-state index < -0.39 is 13.1 Å². The van der Waals surface area contributed by atoms with Crippen LogP contribution >= 0.6 is 7.60 Å². The van der Waals surface area contributed by atoms with E-state index in [2.05, 4.69) is 0 Å². The van der Waals surface area contributed by atoms with E-state index in [1.54, 1.807) is 18.2 Å². The summed E-state index contributed by atoms with van der Waals surface area (Å²) in [7, 11) is -4.26. The van der Waals surface area contributed by atoms with Gasteiger partial charge in [0.05, 0.1) is 5.30 Å². The van der Waals surface area contributed by atoms with Gasteiger partial charge in [-0.2, -0.15) is 0 Å². The first-order chi connectivity index (χ1) is 8.80. The largest absolute Gasteiger partial charge is 0.356 e. The molecule has 0 aromatic heterocycles. The van der Waals surface area contributed by atoms with Gasteiger partial charge in [0.2, 0.25) is 0 Å². The van der Waals surface area contributed by atoms with Crippen LogP contribution in [0.25, 0.3) is 0 Å². The van der Waals surface area contributed by atoms with Gasteiger partial charge in [-0.1, -0.05) is 42.0 Å². The highest BCUT2D eigenvalue weighted by Gasteiger charge is 2.28. The molecule has 2 rings (SSSR count). The second-order valence-electron chi connectivity index (χ2n) is 5.07. The third-order valence-electron chi connectivity index (χ3n) is 3.31. The summed E-state index contributed by atoms with van der Waals surface area (Å²) in [5.74, 6) is 0. The Morgan fingerprint density at radius 1 is 1.37 bits per heavy atom. The molecule has 4 N–H and O–H groups in total. The second kappa shape index (κ2) is 5.06. The first-order valence-electron chi connectivity index (χ1n) is 6.09. The van der Waals surface area contributed by atoms with Crippen LogP contribution in [0, 0.1) is 0 Å². The number of hydrogen-bond acceptors (Lipinski definition) is 2. The van der Waals surface area contributed by atoms with Gasteiger partial charge in [0.25, 0.3) is 0 Å². The quantitative estimate of drug-likeness (QED) is 0.734. The first-order valence-corrected chi connectivity index (χ1v) is 7.70. The summed E-state index contributed by atoms with van der Waals surface area (Å²) in [5, 5.41) is 0.0690. The Labute approximate surface area is 112 Å². The van der Waals surface area contributed by atoms with Crippen LogP contribution in [0.3, 0.4) is 0 Å². The van der Waals surface area contributed by atoms with Crippen molar-refractivity contribution in [3.63, 3.8) is 0 Å². The van der Waals surface area contributed by atoms with E-state index in [0.29, 0.717) is 18.4 Å². The van der Waals surface area contributed by atoms with Crippen LogP contribution in [0.2, 0.25) is 0 Å². The van der Waals surface area contributed by atoms with Gasteiger partial charge in [0.15, 0.2) is 0 Å². The van der Waals surface area contributed by atoms with Crippen LogP contribution < -0.4 is 11.0 Å². The third kappa shape index (κ3) is 3.43. The molecule has 0 aliphatic heterocycles. The number of rotatable bonds is 3. The van der Waals surface area contributed by atoms with Crippen LogP contribution in [-0.4, -0.2) is 15.3 Å². The first kappa shape index (κ1) is 14.2. The van der Waals surface area contributed by atoms with E-state index in [-0.39, 0.29) is 5.30 Å². The Kier molecular flexibility index (Phi) is 3.79. The highest BCUT2D eigenvalue weighted by atomic mass is 31.2. The summed E-state index contributed by atoms with van der Waals surface area (Å²) in [6.45, 7) is 2.00. The molecule has 102 valence electrons. The van der Waals surface area contributed by atoms with Crippen molar-refractivity contribution in [2.75, 3.05) is 0 Å². The molecule has 0 saturated carbocycles. The molecular formula is C14H18NO3P. The molecule has 0 spiro atoms. The molecule has 0 radical (unpaired) electrons. The van der Waals surface area contributed by atoms with Crippen LogP contribution in [0.15, 0.2) is 48.1 Å². The summed E-state index contributed by atoms with van der Waals surface area (Å²) >= 11 is 0. The fourth-order valence-corrected chi connectivity index (χ4v) is 3.02. The number of allylic oxidation sites excluding steroid dienone is 2. The Balaban J connectivity index is 2.30. The zero-order valence-electron chi connectivity index (χ0n) is 10.8. The maximum absolute atomic E-state index is 11.5. The lowest BCUT2D eigenvalue weighted by Crippen LogP contribution is -2.41. The molecular weight excluding hydrogens is 261 g/mol. The van der Waals surface area contributed by atoms with E-state index in [9.17, 15) is 14.4 Å². The van der Waals surface area contributed by atoms with Crippen LogP contribution in [0.1, 0.15) is 18.9 Å². The molecule has 1 aromatic carbocycles. The minimum atomic E-state index is -4.26. The SMILES string of the molecule is CC1=CCC(N)(Cc2ccccc2P(=O)(O)O)C=C1. The minimum Gasteiger partial charge on any atom is -0.321 e. The van der Waals surface area contributed by atoms with Crippen molar-refractivity contribution < 1.29 is 14.4 Å². The Bertz CT molecular complexity index is 588. The molecule has 0 amide bonds. The summed E-state index contributed by atoms with van der Waals surface area (Å²) in [4.78, 5) is 18.7. The molecule has 1 unspecified atom stereocenters. The zero-order chi connectivity index (χ0) is 14.1. The molecule has 0 fully saturated rings. The summed E-state index contributed by atoms with van der Waals surface area (Å²) in [6, 6.07) is 6.59. The monoisotopic (exact) mass is 279 g/mol. The van der Waals surface area contributed by atoms with Crippen molar-refractivity contribution in [1.82, 2.24) is 0 Å². The molecule has 0 bridgehead atoms. The zero-order valence-corrected chi connectivity index (χ0v) is 11.7. The summed E-state index contributed by atoms with van der Waals surface area (Å²) in [6.07, 6.45) is 6.99. The number of hydrogen-bond donors (Lipinski definition) is 3. The maximum atomic E-state index is 11.5. The van der Waals surface area contributed by atoms with Crippen molar-refractivity contribution in [2.45, 2.75) is 25.3 Å². The average Bonchev–Trinajstić information content (AvgIpc) is 2.33. The maximum Gasteiger partial charge on any atom is 0.356 e. The number of nitrogens with two attached hydrogens (primary N) is 1. The topological polar surface area (TPSA) is 83.6 Å². The van der Waals surface area contributed by atoms with Gasteiger partial charge < -0.3 is 15.5 Å². The van der Waals surface area contributed by atoms with Gasteiger partial charge >= 0.3 is 7.60 Å². The third-order valence-corrected chi connectivity index (χ3v) is 4.37. The number of benzene rings is 1. The van der Waals surface area contributed by atoms with Crippen molar-refractivity contribution in [3.05, 3.63) is 53.6 Å². The lowest BCUT2D eigenvalue weighted by molar-refractivity contribution is 0.387. The Hall–Kier alpha value is -1.19. The van der Waals surface area contributed by atoms with E-state index >= 15 is 0 Å². The lowest BCUT2D eigenvalue weighted by atomic mass is 9.84.